The summed E-state index contributed by atoms with van der Waals surface area (Å²) in [6.07, 6.45) is 5.26. The summed E-state index contributed by atoms with van der Waals surface area (Å²) in [5.74, 6) is 0. The van der Waals surface area contributed by atoms with Crippen LogP contribution in [0.4, 0.5) is 0 Å². The molecule has 0 aliphatic rings. The topological polar surface area (TPSA) is 43.6 Å². The lowest BCUT2D eigenvalue weighted by Gasteiger charge is -2.01. The van der Waals surface area contributed by atoms with Crippen molar-refractivity contribution in [2.24, 2.45) is 7.05 Å². The zero-order valence-corrected chi connectivity index (χ0v) is 11.9. The molecule has 2 heterocycles. The van der Waals surface area contributed by atoms with E-state index in [1.165, 1.54) is 0 Å². The molecule has 0 aliphatic heterocycles. The summed E-state index contributed by atoms with van der Waals surface area (Å²) in [6, 6.07) is 9.98. The van der Waals surface area contributed by atoms with Gasteiger partial charge < -0.3 is 0 Å². The zero-order chi connectivity index (χ0) is 13.2. The predicted octanol–water partition coefficient (Wildman–Crippen LogP) is 3.31. The third kappa shape index (κ3) is 2.42. The normalized spacial score (nSPS) is 10.6. The van der Waals surface area contributed by atoms with Gasteiger partial charge in [-0.15, -0.1) is 0 Å². The number of nitrogens with zero attached hydrogens (tertiary/aromatic N) is 4. The Morgan fingerprint density at radius 2 is 1.89 bits per heavy atom. The van der Waals surface area contributed by atoms with Gasteiger partial charge >= 0.3 is 0 Å². The Balaban J connectivity index is 2.15. The standard InChI is InChI=1S/C14H11BrN4/c1-19-8-12(13-6-7-16-9-17-13)14(18-19)10-2-4-11(15)5-3-10/h2-9H,1H3. The first-order valence-electron chi connectivity index (χ1n) is 5.80. The van der Waals surface area contributed by atoms with Gasteiger partial charge in [0, 0.05) is 35.0 Å². The molecule has 0 saturated carbocycles. The van der Waals surface area contributed by atoms with Crippen molar-refractivity contribution in [1.82, 2.24) is 19.7 Å². The molecule has 0 fully saturated rings. The maximum Gasteiger partial charge on any atom is 0.116 e. The molecule has 19 heavy (non-hydrogen) atoms. The molecule has 0 radical (unpaired) electrons. The van der Waals surface area contributed by atoms with E-state index in [1.807, 2.05) is 43.6 Å². The summed E-state index contributed by atoms with van der Waals surface area (Å²) >= 11 is 3.44. The van der Waals surface area contributed by atoms with Gasteiger partial charge in [0.25, 0.3) is 0 Å². The van der Waals surface area contributed by atoms with Crippen LogP contribution in [0.5, 0.6) is 0 Å². The Bertz CT molecular complexity index is 689. The van der Waals surface area contributed by atoms with Crippen LogP contribution in [0.15, 0.2) is 53.5 Å². The molecule has 0 amide bonds. The highest BCUT2D eigenvalue weighted by Gasteiger charge is 2.12. The van der Waals surface area contributed by atoms with E-state index in [0.717, 1.165) is 27.0 Å². The lowest BCUT2D eigenvalue weighted by atomic mass is 10.1. The van der Waals surface area contributed by atoms with E-state index < -0.39 is 0 Å². The van der Waals surface area contributed by atoms with Crippen molar-refractivity contribution in [2.75, 3.05) is 0 Å². The van der Waals surface area contributed by atoms with Crippen LogP contribution >= 0.6 is 15.9 Å². The van der Waals surface area contributed by atoms with Crippen molar-refractivity contribution in [2.45, 2.75) is 0 Å². The Morgan fingerprint density at radius 3 is 2.58 bits per heavy atom. The first-order chi connectivity index (χ1) is 9.24. The number of hydrogen-bond donors (Lipinski definition) is 0. The average Bonchev–Trinajstić information content (AvgIpc) is 2.83. The second kappa shape index (κ2) is 4.93. The number of benzene rings is 1. The molecule has 0 spiro atoms. The number of halogens is 1. The molecule has 0 atom stereocenters. The van der Waals surface area contributed by atoms with E-state index >= 15 is 0 Å². The lowest BCUT2D eigenvalue weighted by Crippen LogP contribution is -1.88. The summed E-state index contributed by atoms with van der Waals surface area (Å²) < 4.78 is 2.85. The minimum absolute atomic E-state index is 0.876. The Kier molecular flexibility index (Phi) is 3.13. The van der Waals surface area contributed by atoms with Gasteiger partial charge in [-0.3, -0.25) is 4.68 Å². The van der Waals surface area contributed by atoms with Crippen LogP contribution in [-0.2, 0) is 7.05 Å². The van der Waals surface area contributed by atoms with Crippen molar-refractivity contribution >= 4 is 15.9 Å². The quantitative estimate of drug-likeness (QED) is 0.729. The van der Waals surface area contributed by atoms with Crippen LogP contribution in [0.2, 0.25) is 0 Å². The van der Waals surface area contributed by atoms with Gasteiger partial charge in [-0.25, -0.2) is 9.97 Å². The number of aryl methyl sites for hydroxylation is 1. The maximum atomic E-state index is 4.53. The Morgan fingerprint density at radius 1 is 1.11 bits per heavy atom. The SMILES string of the molecule is Cn1cc(-c2ccncn2)c(-c2ccc(Br)cc2)n1. The van der Waals surface area contributed by atoms with Crippen LogP contribution in [0, 0.1) is 0 Å². The number of rotatable bonds is 2. The van der Waals surface area contributed by atoms with E-state index in [4.69, 9.17) is 0 Å². The van der Waals surface area contributed by atoms with Gasteiger partial charge in [-0.1, -0.05) is 28.1 Å². The van der Waals surface area contributed by atoms with Crippen molar-refractivity contribution in [1.29, 1.82) is 0 Å². The third-order valence-corrected chi connectivity index (χ3v) is 3.33. The summed E-state index contributed by atoms with van der Waals surface area (Å²) in [6.45, 7) is 0. The largest absolute Gasteiger partial charge is 0.274 e. The van der Waals surface area contributed by atoms with Crippen molar-refractivity contribution in [3.8, 4) is 22.5 Å². The van der Waals surface area contributed by atoms with E-state index in [1.54, 1.807) is 17.2 Å². The minimum atomic E-state index is 0.876. The number of hydrogen-bond acceptors (Lipinski definition) is 3. The average molecular weight is 315 g/mol. The highest BCUT2D eigenvalue weighted by atomic mass is 79.9. The minimum Gasteiger partial charge on any atom is -0.274 e. The highest BCUT2D eigenvalue weighted by Crippen LogP contribution is 2.29. The fourth-order valence-electron chi connectivity index (χ4n) is 1.95. The van der Waals surface area contributed by atoms with Crippen LogP contribution in [0.25, 0.3) is 22.5 Å². The molecule has 94 valence electrons. The highest BCUT2D eigenvalue weighted by molar-refractivity contribution is 9.10. The molecule has 0 bridgehead atoms. The van der Waals surface area contributed by atoms with E-state index in [-0.39, 0.29) is 0 Å². The van der Waals surface area contributed by atoms with E-state index in [0.29, 0.717) is 0 Å². The first kappa shape index (κ1) is 12.0. The Hall–Kier alpha value is -2.01. The molecule has 1 aromatic carbocycles. The van der Waals surface area contributed by atoms with E-state index in [9.17, 15) is 0 Å². The summed E-state index contributed by atoms with van der Waals surface area (Å²) in [4.78, 5) is 8.24. The van der Waals surface area contributed by atoms with Gasteiger partial charge in [0.2, 0.25) is 0 Å². The summed E-state index contributed by atoms with van der Waals surface area (Å²) in [7, 11) is 1.91. The van der Waals surface area contributed by atoms with Crippen LogP contribution in [-0.4, -0.2) is 19.7 Å². The molecule has 5 heteroatoms. The molecular formula is C14H11BrN4. The maximum absolute atomic E-state index is 4.53. The molecule has 0 saturated heterocycles. The molecule has 0 unspecified atom stereocenters. The number of aromatic nitrogens is 4. The fourth-order valence-corrected chi connectivity index (χ4v) is 2.21. The predicted molar refractivity (Wildman–Crippen MR) is 77.4 cm³/mol. The van der Waals surface area contributed by atoms with Gasteiger partial charge in [0.05, 0.1) is 5.69 Å². The van der Waals surface area contributed by atoms with Crippen LogP contribution < -0.4 is 0 Å². The molecule has 4 nitrogen and oxygen atoms in total. The fraction of sp³-hybridized carbons (Fsp3) is 0.0714. The van der Waals surface area contributed by atoms with Crippen LogP contribution in [0.1, 0.15) is 0 Å². The molecule has 3 aromatic rings. The molecule has 0 aliphatic carbocycles. The van der Waals surface area contributed by atoms with Gasteiger partial charge in [0.15, 0.2) is 0 Å². The molecule has 0 N–H and O–H groups in total. The molecule has 2 aromatic heterocycles. The summed E-state index contributed by atoms with van der Waals surface area (Å²) in [5, 5.41) is 4.53. The zero-order valence-electron chi connectivity index (χ0n) is 10.3. The van der Waals surface area contributed by atoms with Crippen molar-refractivity contribution < 1.29 is 0 Å². The van der Waals surface area contributed by atoms with Gasteiger partial charge in [-0.2, -0.15) is 5.10 Å². The van der Waals surface area contributed by atoms with E-state index in [2.05, 4.69) is 31.0 Å². The van der Waals surface area contributed by atoms with Crippen LogP contribution in [0.3, 0.4) is 0 Å². The van der Waals surface area contributed by atoms with Crippen molar-refractivity contribution in [3.63, 3.8) is 0 Å². The monoisotopic (exact) mass is 314 g/mol. The summed E-state index contributed by atoms with van der Waals surface area (Å²) in [5.41, 5.74) is 3.87. The van der Waals surface area contributed by atoms with Crippen molar-refractivity contribution in [3.05, 3.63) is 53.5 Å². The Labute approximate surface area is 119 Å². The van der Waals surface area contributed by atoms with Gasteiger partial charge in [0.1, 0.15) is 12.0 Å². The lowest BCUT2D eigenvalue weighted by molar-refractivity contribution is 0.771. The third-order valence-electron chi connectivity index (χ3n) is 2.80. The van der Waals surface area contributed by atoms with Gasteiger partial charge in [-0.05, 0) is 18.2 Å². The molecular weight excluding hydrogens is 304 g/mol. The first-order valence-corrected chi connectivity index (χ1v) is 6.59. The molecule has 3 rings (SSSR count). The second-order valence-electron chi connectivity index (χ2n) is 4.17. The second-order valence-corrected chi connectivity index (χ2v) is 5.08. The smallest absolute Gasteiger partial charge is 0.116 e.